The smallest absolute Gasteiger partial charge is 0.338 e. The number of hydrogen-bond acceptors (Lipinski definition) is 5. The molecule has 2 N–H and O–H groups in total. The van der Waals surface area contributed by atoms with Crippen LogP contribution in [-0.2, 0) is 7.05 Å². The Hall–Kier alpha value is -2.90. The first-order valence-electron chi connectivity index (χ1n) is 5.25. The summed E-state index contributed by atoms with van der Waals surface area (Å²) in [5.41, 5.74) is 0.428. The number of aromatic carboxylic acids is 1. The summed E-state index contributed by atoms with van der Waals surface area (Å²) in [6.07, 6.45) is 3.18. The van der Waals surface area contributed by atoms with Crippen LogP contribution >= 0.6 is 0 Å². The van der Waals surface area contributed by atoms with Gasteiger partial charge in [-0.25, -0.2) is 4.79 Å². The van der Waals surface area contributed by atoms with Gasteiger partial charge >= 0.3 is 5.97 Å². The highest BCUT2D eigenvalue weighted by Gasteiger charge is 2.16. The first-order chi connectivity index (χ1) is 8.97. The molecular formula is C11H10N4O4. The molecule has 0 radical (unpaired) electrons. The third-order valence-electron chi connectivity index (χ3n) is 2.43. The van der Waals surface area contributed by atoms with Gasteiger partial charge in [0.2, 0.25) is 0 Å². The molecule has 98 valence electrons. The van der Waals surface area contributed by atoms with Gasteiger partial charge in [0, 0.05) is 25.4 Å². The van der Waals surface area contributed by atoms with Crippen molar-refractivity contribution in [3.05, 3.63) is 46.3 Å². The third kappa shape index (κ3) is 2.68. The molecule has 0 atom stereocenters. The molecule has 2 rings (SSSR count). The fourth-order valence-electron chi connectivity index (χ4n) is 1.57. The fourth-order valence-corrected chi connectivity index (χ4v) is 1.57. The molecule has 1 aromatic heterocycles. The Morgan fingerprint density at radius 2 is 2.26 bits per heavy atom. The number of aryl methyl sites for hydroxylation is 1. The number of anilines is 2. The number of carbonyl (C=O) groups is 1. The monoisotopic (exact) mass is 262 g/mol. The van der Waals surface area contributed by atoms with E-state index in [1.54, 1.807) is 17.9 Å². The lowest BCUT2D eigenvalue weighted by molar-refractivity contribution is -0.384. The number of rotatable bonds is 4. The zero-order valence-corrected chi connectivity index (χ0v) is 9.90. The zero-order chi connectivity index (χ0) is 14.0. The summed E-state index contributed by atoms with van der Waals surface area (Å²) in [5, 5.41) is 26.5. The van der Waals surface area contributed by atoms with Crippen LogP contribution in [0.4, 0.5) is 17.1 Å². The van der Waals surface area contributed by atoms with Crippen LogP contribution in [0.1, 0.15) is 10.4 Å². The van der Waals surface area contributed by atoms with Gasteiger partial charge < -0.3 is 10.4 Å². The standard InChI is InChI=1S/C11H10N4O4/c1-14-6-7(5-12-14)13-10-3-2-8(15(18)19)4-9(10)11(16)17/h2-6,13H,1H3,(H,16,17). The highest BCUT2D eigenvalue weighted by molar-refractivity contribution is 5.96. The second-order valence-corrected chi connectivity index (χ2v) is 3.82. The minimum absolute atomic E-state index is 0.168. The van der Waals surface area contributed by atoms with Crippen LogP contribution in [0.3, 0.4) is 0 Å². The Morgan fingerprint density at radius 3 is 2.79 bits per heavy atom. The maximum Gasteiger partial charge on any atom is 0.338 e. The maximum atomic E-state index is 11.1. The molecule has 1 heterocycles. The Balaban J connectivity index is 2.39. The van der Waals surface area contributed by atoms with Crippen molar-refractivity contribution in [2.75, 3.05) is 5.32 Å². The van der Waals surface area contributed by atoms with E-state index >= 15 is 0 Å². The normalized spacial score (nSPS) is 10.2. The quantitative estimate of drug-likeness (QED) is 0.641. The summed E-state index contributed by atoms with van der Waals surface area (Å²) in [7, 11) is 1.72. The molecule has 0 saturated carbocycles. The van der Waals surface area contributed by atoms with E-state index in [4.69, 9.17) is 5.11 Å². The van der Waals surface area contributed by atoms with Gasteiger partial charge in [-0.2, -0.15) is 5.10 Å². The van der Waals surface area contributed by atoms with Crippen molar-refractivity contribution in [2.45, 2.75) is 0 Å². The molecule has 0 amide bonds. The van der Waals surface area contributed by atoms with Crippen LogP contribution in [-0.4, -0.2) is 25.8 Å². The van der Waals surface area contributed by atoms with Crippen molar-refractivity contribution in [3.63, 3.8) is 0 Å². The minimum atomic E-state index is -1.24. The molecule has 0 saturated heterocycles. The summed E-state index contributed by atoms with van der Waals surface area (Å²) in [6.45, 7) is 0. The lowest BCUT2D eigenvalue weighted by Crippen LogP contribution is -2.03. The highest BCUT2D eigenvalue weighted by Crippen LogP contribution is 2.25. The molecule has 0 unspecified atom stereocenters. The van der Waals surface area contributed by atoms with Crippen LogP contribution in [0.5, 0.6) is 0 Å². The van der Waals surface area contributed by atoms with E-state index in [1.807, 2.05) is 0 Å². The Morgan fingerprint density at radius 1 is 1.53 bits per heavy atom. The van der Waals surface area contributed by atoms with Crippen molar-refractivity contribution >= 4 is 23.0 Å². The fraction of sp³-hybridized carbons (Fsp3) is 0.0909. The van der Waals surface area contributed by atoms with Gasteiger partial charge in [-0.1, -0.05) is 0 Å². The second-order valence-electron chi connectivity index (χ2n) is 3.82. The van der Waals surface area contributed by atoms with E-state index in [9.17, 15) is 14.9 Å². The van der Waals surface area contributed by atoms with Gasteiger partial charge in [-0.05, 0) is 6.07 Å². The molecule has 0 aliphatic carbocycles. The average molecular weight is 262 g/mol. The van der Waals surface area contributed by atoms with E-state index in [1.165, 1.54) is 18.3 Å². The SMILES string of the molecule is Cn1cc(Nc2ccc([N+](=O)[O-])cc2C(=O)O)cn1. The van der Waals surface area contributed by atoms with Gasteiger partial charge in [0.25, 0.3) is 5.69 Å². The molecule has 0 spiro atoms. The van der Waals surface area contributed by atoms with Crippen LogP contribution < -0.4 is 5.32 Å². The summed E-state index contributed by atoms with van der Waals surface area (Å²) in [5.74, 6) is -1.24. The average Bonchev–Trinajstić information content (AvgIpc) is 2.74. The first-order valence-corrected chi connectivity index (χ1v) is 5.25. The number of carboxylic acid groups (broad SMARTS) is 1. The van der Waals surface area contributed by atoms with Crippen molar-refractivity contribution in [1.29, 1.82) is 0 Å². The molecule has 0 fully saturated rings. The van der Waals surface area contributed by atoms with Gasteiger partial charge in [0.1, 0.15) is 0 Å². The molecule has 8 heteroatoms. The number of carboxylic acids is 1. The summed E-state index contributed by atoms with van der Waals surface area (Å²) in [4.78, 5) is 21.1. The number of nitro benzene ring substituents is 1. The maximum absolute atomic E-state index is 11.1. The summed E-state index contributed by atoms with van der Waals surface area (Å²) >= 11 is 0. The molecular weight excluding hydrogens is 252 g/mol. The van der Waals surface area contributed by atoms with Crippen LogP contribution in [0.2, 0.25) is 0 Å². The summed E-state index contributed by atoms with van der Waals surface area (Å²) in [6, 6.07) is 3.61. The number of benzene rings is 1. The molecule has 0 aliphatic rings. The van der Waals surface area contributed by atoms with E-state index in [2.05, 4.69) is 10.4 Å². The zero-order valence-electron chi connectivity index (χ0n) is 9.90. The largest absolute Gasteiger partial charge is 0.478 e. The molecule has 1 aromatic carbocycles. The topological polar surface area (TPSA) is 110 Å². The summed E-state index contributed by atoms with van der Waals surface area (Å²) < 4.78 is 1.55. The Bertz CT molecular complexity index is 650. The third-order valence-corrected chi connectivity index (χ3v) is 2.43. The van der Waals surface area contributed by atoms with Crippen molar-refractivity contribution in [3.8, 4) is 0 Å². The van der Waals surface area contributed by atoms with Crippen LogP contribution in [0.25, 0.3) is 0 Å². The Labute approximate surface area is 107 Å². The van der Waals surface area contributed by atoms with Crippen molar-refractivity contribution in [1.82, 2.24) is 9.78 Å². The lowest BCUT2D eigenvalue weighted by Gasteiger charge is -2.07. The van der Waals surface area contributed by atoms with E-state index in [0.717, 1.165) is 6.07 Å². The van der Waals surface area contributed by atoms with Crippen LogP contribution in [0, 0.1) is 10.1 Å². The van der Waals surface area contributed by atoms with Crippen molar-refractivity contribution in [2.24, 2.45) is 7.05 Å². The number of hydrogen-bond donors (Lipinski definition) is 2. The predicted octanol–water partition coefficient (Wildman–Crippen LogP) is 1.77. The number of non-ortho nitro benzene ring substituents is 1. The van der Waals surface area contributed by atoms with Gasteiger partial charge in [0.05, 0.1) is 28.1 Å². The number of nitro groups is 1. The predicted molar refractivity (Wildman–Crippen MR) is 66.5 cm³/mol. The van der Waals surface area contributed by atoms with E-state index < -0.39 is 10.9 Å². The highest BCUT2D eigenvalue weighted by atomic mass is 16.6. The first kappa shape index (κ1) is 12.6. The molecule has 0 bridgehead atoms. The van der Waals surface area contributed by atoms with Crippen LogP contribution in [0.15, 0.2) is 30.6 Å². The number of aromatic nitrogens is 2. The van der Waals surface area contributed by atoms with Gasteiger partial charge in [-0.15, -0.1) is 0 Å². The minimum Gasteiger partial charge on any atom is -0.478 e. The molecule has 19 heavy (non-hydrogen) atoms. The second kappa shape index (κ2) is 4.77. The number of nitrogens with zero attached hydrogens (tertiary/aromatic N) is 3. The Kier molecular flexibility index (Phi) is 3.15. The van der Waals surface area contributed by atoms with E-state index in [-0.39, 0.29) is 16.9 Å². The number of nitrogens with one attached hydrogen (secondary N) is 1. The molecule has 8 nitrogen and oxygen atoms in total. The van der Waals surface area contributed by atoms with Crippen molar-refractivity contribution < 1.29 is 14.8 Å². The lowest BCUT2D eigenvalue weighted by atomic mass is 10.1. The van der Waals surface area contributed by atoms with E-state index in [0.29, 0.717) is 5.69 Å². The molecule has 2 aromatic rings. The van der Waals surface area contributed by atoms with Gasteiger partial charge in [-0.3, -0.25) is 14.8 Å². The van der Waals surface area contributed by atoms with Gasteiger partial charge in [0.15, 0.2) is 0 Å². The molecule has 0 aliphatic heterocycles.